The number of ketones is 1. The Morgan fingerprint density at radius 1 is 1.05 bits per heavy atom. The van der Waals surface area contributed by atoms with Crippen LogP contribution in [0, 0.1) is 19.8 Å². The lowest BCUT2D eigenvalue weighted by atomic mass is 10.0. The third kappa shape index (κ3) is 5.46. The molecule has 1 rings (SSSR count). The Balaban J connectivity index is 2.65. The molecule has 1 aromatic carbocycles. The summed E-state index contributed by atoms with van der Waals surface area (Å²) in [4.78, 5) is 14.7. The summed E-state index contributed by atoms with van der Waals surface area (Å²) in [5.41, 5.74) is 3.18. The number of carbonyl (C=O) groups is 1. The number of benzene rings is 1. The smallest absolute Gasteiger partial charge is 0.164 e. The number of aryl methyl sites for hydroxylation is 2. The van der Waals surface area contributed by atoms with Crippen molar-refractivity contribution in [3.8, 4) is 0 Å². The van der Waals surface area contributed by atoms with E-state index < -0.39 is 0 Å². The third-order valence-corrected chi connectivity index (χ3v) is 3.50. The molecule has 0 saturated heterocycles. The zero-order valence-corrected chi connectivity index (χ0v) is 13.9. The number of rotatable bonds is 7. The molecule has 1 aromatic rings. The number of carbonyl (C=O) groups excluding carboxylic acids is 1. The van der Waals surface area contributed by atoms with Crippen LogP contribution in [-0.4, -0.2) is 29.8 Å². The molecule has 0 spiro atoms. The highest BCUT2D eigenvalue weighted by Crippen LogP contribution is 2.12. The molecular formula is C18H29NO. The van der Waals surface area contributed by atoms with Gasteiger partial charge in [-0.1, -0.05) is 31.0 Å². The molecule has 0 aromatic heterocycles. The molecule has 0 radical (unpaired) electrons. The fraction of sp³-hybridized carbons (Fsp3) is 0.611. The summed E-state index contributed by atoms with van der Waals surface area (Å²) in [6.45, 7) is 14.8. The molecular weight excluding hydrogens is 246 g/mol. The van der Waals surface area contributed by atoms with Crippen LogP contribution in [0.5, 0.6) is 0 Å². The molecule has 0 bridgehead atoms. The van der Waals surface area contributed by atoms with Gasteiger partial charge in [0.05, 0.1) is 0 Å². The Labute approximate surface area is 124 Å². The van der Waals surface area contributed by atoms with Crippen LogP contribution in [0.4, 0.5) is 0 Å². The molecule has 0 saturated carbocycles. The highest BCUT2D eigenvalue weighted by Gasteiger charge is 2.14. The lowest BCUT2D eigenvalue weighted by molar-refractivity contribution is 0.0950. The molecule has 0 atom stereocenters. The lowest BCUT2D eigenvalue weighted by Crippen LogP contribution is -2.35. The van der Waals surface area contributed by atoms with Crippen molar-refractivity contribution in [1.82, 2.24) is 4.90 Å². The van der Waals surface area contributed by atoms with Gasteiger partial charge in [0.2, 0.25) is 0 Å². The molecule has 0 aliphatic heterocycles. The summed E-state index contributed by atoms with van der Waals surface area (Å²) < 4.78 is 0. The first-order valence-electron chi connectivity index (χ1n) is 7.65. The first-order valence-corrected chi connectivity index (χ1v) is 7.65. The van der Waals surface area contributed by atoms with E-state index in [1.165, 1.54) is 0 Å². The Morgan fingerprint density at radius 3 is 2.05 bits per heavy atom. The van der Waals surface area contributed by atoms with Crippen LogP contribution in [0.25, 0.3) is 0 Å². The minimum atomic E-state index is 0.256. The van der Waals surface area contributed by atoms with Crippen molar-refractivity contribution in [3.05, 3.63) is 34.9 Å². The van der Waals surface area contributed by atoms with Gasteiger partial charge in [0.25, 0.3) is 0 Å². The predicted molar refractivity (Wildman–Crippen MR) is 86.4 cm³/mol. The summed E-state index contributed by atoms with van der Waals surface area (Å²) in [6, 6.07) is 6.59. The summed E-state index contributed by atoms with van der Waals surface area (Å²) >= 11 is 0. The van der Waals surface area contributed by atoms with Gasteiger partial charge in [0.15, 0.2) is 5.78 Å². The zero-order chi connectivity index (χ0) is 15.3. The van der Waals surface area contributed by atoms with E-state index in [2.05, 4.69) is 38.7 Å². The van der Waals surface area contributed by atoms with Crippen molar-refractivity contribution in [2.45, 2.75) is 54.0 Å². The lowest BCUT2D eigenvalue weighted by Gasteiger charge is -2.27. The number of hydrogen-bond donors (Lipinski definition) is 0. The Bertz CT molecular complexity index is 428. The summed E-state index contributed by atoms with van der Waals surface area (Å²) in [5.74, 6) is 0.889. The van der Waals surface area contributed by atoms with Crippen molar-refractivity contribution < 1.29 is 4.79 Å². The maximum Gasteiger partial charge on any atom is 0.164 e. The molecule has 20 heavy (non-hydrogen) atoms. The van der Waals surface area contributed by atoms with E-state index >= 15 is 0 Å². The first kappa shape index (κ1) is 16.9. The zero-order valence-electron chi connectivity index (χ0n) is 13.9. The minimum absolute atomic E-state index is 0.256. The Kier molecular flexibility index (Phi) is 6.41. The molecule has 0 fully saturated rings. The van der Waals surface area contributed by atoms with E-state index in [1.807, 2.05) is 26.0 Å². The molecule has 2 nitrogen and oxygen atoms in total. The highest BCUT2D eigenvalue weighted by atomic mass is 16.1. The van der Waals surface area contributed by atoms with E-state index in [0.717, 1.165) is 29.8 Å². The quantitative estimate of drug-likeness (QED) is 0.694. The largest absolute Gasteiger partial charge is 0.300 e. The van der Waals surface area contributed by atoms with Gasteiger partial charge in [-0.3, -0.25) is 4.79 Å². The van der Waals surface area contributed by atoms with Crippen LogP contribution in [0.2, 0.25) is 0 Å². The van der Waals surface area contributed by atoms with Crippen molar-refractivity contribution in [2.24, 2.45) is 5.92 Å². The van der Waals surface area contributed by atoms with Gasteiger partial charge < -0.3 is 4.90 Å². The molecule has 0 aliphatic rings. The first-order chi connectivity index (χ1) is 9.29. The summed E-state index contributed by atoms with van der Waals surface area (Å²) in [7, 11) is 0. The van der Waals surface area contributed by atoms with E-state index in [-0.39, 0.29) is 5.78 Å². The molecule has 112 valence electrons. The van der Waals surface area contributed by atoms with Crippen LogP contribution in [0.3, 0.4) is 0 Å². The normalized spacial score (nSPS) is 11.7. The minimum Gasteiger partial charge on any atom is -0.300 e. The van der Waals surface area contributed by atoms with Crippen LogP contribution < -0.4 is 0 Å². The highest BCUT2D eigenvalue weighted by molar-refractivity contribution is 5.96. The van der Waals surface area contributed by atoms with Crippen LogP contribution in [0.15, 0.2) is 18.2 Å². The molecule has 0 unspecified atom stereocenters. The molecule has 0 heterocycles. The van der Waals surface area contributed by atoms with Gasteiger partial charge >= 0.3 is 0 Å². The standard InChI is InChI=1S/C18H29NO/c1-13(2)12-19(14(3)4)8-7-18(20)17-10-15(5)9-16(6)11-17/h9-11,13-14H,7-8,12H2,1-6H3. The molecule has 2 heteroatoms. The van der Waals surface area contributed by atoms with E-state index in [4.69, 9.17) is 0 Å². The van der Waals surface area contributed by atoms with Gasteiger partial charge in [-0.2, -0.15) is 0 Å². The molecule has 0 aliphatic carbocycles. The van der Waals surface area contributed by atoms with Gasteiger partial charge in [0, 0.05) is 31.1 Å². The Hall–Kier alpha value is -1.15. The SMILES string of the molecule is Cc1cc(C)cc(C(=O)CCN(CC(C)C)C(C)C)c1. The maximum atomic E-state index is 12.3. The van der Waals surface area contributed by atoms with E-state index in [9.17, 15) is 4.79 Å². The number of nitrogens with zero attached hydrogens (tertiary/aromatic N) is 1. The van der Waals surface area contributed by atoms with E-state index in [0.29, 0.717) is 18.4 Å². The van der Waals surface area contributed by atoms with Gasteiger partial charge in [-0.25, -0.2) is 0 Å². The molecule has 0 amide bonds. The predicted octanol–water partition coefficient (Wildman–Crippen LogP) is 4.24. The van der Waals surface area contributed by atoms with Gasteiger partial charge in [-0.05, 0) is 45.7 Å². The average molecular weight is 275 g/mol. The van der Waals surface area contributed by atoms with E-state index in [1.54, 1.807) is 0 Å². The average Bonchev–Trinajstić information content (AvgIpc) is 2.32. The second-order valence-corrected chi connectivity index (χ2v) is 6.53. The van der Waals surface area contributed by atoms with Crippen molar-refractivity contribution >= 4 is 5.78 Å². The fourth-order valence-corrected chi connectivity index (χ4v) is 2.55. The van der Waals surface area contributed by atoms with Gasteiger partial charge in [0.1, 0.15) is 0 Å². The number of Topliss-reactive ketones (excluding diaryl/α,β-unsaturated/α-hetero) is 1. The number of hydrogen-bond acceptors (Lipinski definition) is 2. The Morgan fingerprint density at radius 2 is 1.60 bits per heavy atom. The van der Waals surface area contributed by atoms with Crippen molar-refractivity contribution in [1.29, 1.82) is 0 Å². The topological polar surface area (TPSA) is 20.3 Å². The van der Waals surface area contributed by atoms with Crippen molar-refractivity contribution in [2.75, 3.05) is 13.1 Å². The monoisotopic (exact) mass is 275 g/mol. The molecule has 0 N–H and O–H groups in total. The maximum absolute atomic E-state index is 12.3. The van der Waals surface area contributed by atoms with Crippen LogP contribution in [-0.2, 0) is 0 Å². The van der Waals surface area contributed by atoms with Crippen molar-refractivity contribution in [3.63, 3.8) is 0 Å². The summed E-state index contributed by atoms with van der Waals surface area (Å²) in [5, 5.41) is 0. The second-order valence-electron chi connectivity index (χ2n) is 6.53. The summed E-state index contributed by atoms with van der Waals surface area (Å²) in [6.07, 6.45) is 0.605. The second kappa shape index (κ2) is 7.58. The third-order valence-electron chi connectivity index (χ3n) is 3.50. The van der Waals surface area contributed by atoms with Gasteiger partial charge in [-0.15, -0.1) is 0 Å². The van der Waals surface area contributed by atoms with Crippen LogP contribution in [0.1, 0.15) is 55.6 Å². The van der Waals surface area contributed by atoms with Crippen LogP contribution >= 0.6 is 0 Å². The fourth-order valence-electron chi connectivity index (χ4n) is 2.55.